The molecule has 4 heteroatoms. The van der Waals surface area contributed by atoms with E-state index in [0.29, 0.717) is 11.5 Å². The molecular formula is C14H17N3O. The summed E-state index contributed by atoms with van der Waals surface area (Å²) in [6.07, 6.45) is 1.62. The summed E-state index contributed by atoms with van der Waals surface area (Å²) in [4.78, 5) is 8.74. The summed E-state index contributed by atoms with van der Waals surface area (Å²) >= 11 is 0. The highest BCUT2D eigenvalue weighted by Crippen LogP contribution is 2.28. The lowest BCUT2D eigenvalue weighted by Gasteiger charge is -2.19. The zero-order valence-electron chi connectivity index (χ0n) is 10.8. The first-order chi connectivity index (χ1) is 8.38. The lowest BCUT2D eigenvalue weighted by molar-refractivity contribution is 0.475. The summed E-state index contributed by atoms with van der Waals surface area (Å²) in [5.74, 6) is 0.662. The van der Waals surface area contributed by atoms with Gasteiger partial charge < -0.3 is 10.8 Å². The lowest BCUT2D eigenvalue weighted by Crippen LogP contribution is -2.17. The van der Waals surface area contributed by atoms with Crippen LogP contribution in [0.4, 0.5) is 5.82 Å². The summed E-state index contributed by atoms with van der Waals surface area (Å²) in [6.45, 7) is 6.12. The predicted molar refractivity (Wildman–Crippen MR) is 72.2 cm³/mol. The van der Waals surface area contributed by atoms with Crippen molar-refractivity contribution in [3.63, 3.8) is 0 Å². The van der Waals surface area contributed by atoms with E-state index in [-0.39, 0.29) is 11.2 Å². The number of rotatable bonds is 1. The topological polar surface area (TPSA) is 72.0 Å². The van der Waals surface area contributed by atoms with Gasteiger partial charge in [0.15, 0.2) is 0 Å². The Morgan fingerprint density at radius 3 is 2.56 bits per heavy atom. The fraction of sp³-hybridized carbons (Fsp3) is 0.286. The molecule has 0 spiro atoms. The van der Waals surface area contributed by atoms with Gasteiger partial charge in [-0.1, -0.05) is 32.9 Å². The largest absolute Gasteiger partial charge is 0.508 e. The van der Waals surface area contributed by atoms with Gasteiger partial charge >= 0.3 is 0 Å². The first-order valence-corrected chi connectivity index (χ1v) is 5.80. The van der Waals surface area contributed by atoms with Gasteiger partial charge in [0.05, 0.1) is 17.6 Å². The Hall–Kier alpha value is -2.10. The fourth-order valence-electron chi connectivity index (χ4n) is 1.75. The van der Waals surface area contributed by atoms with Crippen molar-refractivity contribution >= 4 is 5.82 Å². The van der Waals surface area contributed by atoms with E-state index in [2.05, 4.69) is 9.97 Å². The van der Waals surface area contributed by atoms with Gasteiger partial charge in [-0.05, 0) is 12.1 Å². The van der Waals surface area contributed by atoms with Crippen LogP contribution in [-0.4, -0.2) is 15.1 Å². The summed E-state index contributed by atoms with van der Waals surface area (Å²) in [5.41, 5.74) is 8.00. The number of hydrogen-bond donors (Lipinski definition) is 2. The Bertz CT molecular complexity index is 573. The van der Waals surface area contributed by atoms with Crippen molar-refractivity contribution < 1.29 is 5.11 Å². The molecule has 1 aromatic heterocycles. The summed E-state index contributed by atoms with van der Waals surface area (Å²) < 4.78 is 0. The fourth-order valence-corrected chi connectivity index (χ4v) is 1.75. The Morgan fingerprint density at radius 2 is 1.94 bits per heavy atom. The molecule has 18 heavy (non-hydrogen) atoms. The molecular weight excluding hydrogens is 226 g/mol. The monoisotopic (exact) mass is 243 g/mol. The van der Waals surface area contributed by atoms with Crippen LogP contribution in [0.1, 0.15) is 26.5 Å². The molecule has 4 nitrogen and oxygen atoms in total. The molecule has 0 saturated heterocycles. The van der Waals surface area contributed by atoms with Crippen LogP contribution in [0.25, 0.3) is 11.3 Å². The van der Waals surface area contributed by atoms with Crippen molar-refractivity contribution in [1.82, 2.24) is 9.97 Å². The molecule has 1 heterocycles. The molecule has 0 bridgehead atoms. The lowest BCUT2D eigenvalue weighted by atomic mass is 9.91. The molecule has 0 fully saturated rings. The SMILES string of the molecule is CC(C)(C)c1nc(-c2cccc(O)c2)cnc1N. The van der Waals surface area contributed by atoms with E-state index in [0.717, 1.165) is 11.3 Å². The molecule has 0 saturated carbocycles. The van der Waals surface area contributed by atoms with Gasteiger partial charge in [0.2, 0.25) is 0 Å². The van der Waals surface area contributed by atoms with Crippen LogP contribution >= 0.6 is 0 Å². The van der Waals surface area contributed by atoms with Gasteiger partial charge in [-0.3, -0.25) is 0 Å². The number of benzene rings is 1. The van der Waals surface area contributed by atoms with E-state index in [1.807, 2.05) is 26.8 Å². The third-order valence-corrected chi connectivity index (χ3v) is 2.65. The number of anilines is 1. The Morgan fingerprint density at radius 1 is 1.22 bits per heavy atom. The minimum atomic E-state index is -0.163. The van der Waals surface area contributed by atoms with E-state index < -0.39 is 0 Å². The molecule has 0 unspecified atom stereocenters. The van der Waals surface area contributed by atoms with E-state index in [1.54, 1.807) is 24.4 Å². The second kappa shape index (κ2) is 4.29. The van der Waals surface area contributed by atoms with Crippen LogP contribution in [0, 0.1) is 0 Å². The van der Waals surface area contributed by atoms with Crippen molar-refractivity contribution in [2.75, 3.05) is 5.73 Å². The Balaban J connectivity index is 2.54. The highest BCUT2D eigenvalue weighted by Gasteiger charge is 2.20. The van der Waals surface area contributed by atoms with Crippen LogP contribution in [0.2, 0.25) is 0 Å². The zero-order valence-corrected chi connectivity index (χ0v) is 10.8. The summed E-state index contributed by atoms with van der Waals surface area (Å²) in [7, 11) is 0. The molecule has 2 aromatic rings. The molecule has 0 radical (unpaired) electrons. The van der Waals surface area contributed by atoms with Crippen molar-refractivity contribution in [3.8, 4) is 17.0 Å². The number of hydrogen-bond acceptors (Lipinski definition) is 4. The van der Waals surface area contributed by atoms with Crippen LogP contribution in [0.15, 0.2) is 30.5 Å². The average molecular weight is 243 g/mol. The molecule has 0 aliphatic rings. The van der Waals surface area contributed by atoms with Gasteiger partial charge in [0.25, 0.3) is 0 Å². The molecule has 0 aliphatic heterocycles. The minimum Gasteiger partial charge on any atom is -0.508 e. The Kier molecular flexibility index (Phi) is 2.95. The normalized spacial score (nSPS) is 11.5. The molecule has 0 amide bonds. The summed E-state index contributed by atoms with van der Waals surface area (Å²) in [5, 5.41) is 9.49. The second-order valence-corrected chi connectivity index (χ2v) is 5.29. The summed E-state index contributed by atoms with van der Waals surface area (Å²) in [6, 6.07) is 6.94. The van der Waals surface area contributed by atoms with Gasteiger partial charge in [0, 0.05) is 11.0 Å². The number of nitrogen functional groups attached to an aromatic ring is 1. The minimum absolute atomic E-state index is 0.163. The van der Waals surface area contributed by atoms with Crippen molar-refractivity contribution in [2.24, 2.45) is 0 Å². The van der Waals surface area contributed by atoms with Crippen LogP contribution in [0.3, 0.4) is 0 Å². The first-order valence-electron chi connectivity index (χ1n) is 5.80. The third-order valence-electron chi connectivity index (χ3n) is 2.65. The number of phenolic OH excluding ortho intramolecular Hbond substituents is 1. The Labute approximate surface area is 107 Å². The van der Waals surface area contributed by atoms with Gasteiger partial charge in [-0.2, -0.15) is 0 Å². The highest BCUT2D eigenvalue weighted by atomic mass is 16.3. The van der Waals surface area contributed by atoms with Crippen molar-refractivity contribution in [2.45, 2.75) is 26.2 Å². The quantitative estimate of drug-likeness (QED) is 0.807. The van der Waals surface area contributed by atoms with E-state index >= 15 is 0 Å². The van der Waals surface area contributed by atoms with E-state index in [1.165, 1.54) is 0 Å². The van der Waals surface area contributed by atoms with Crippen LogP contribution in [0.5, 0.6) is 5.75 Å². The maximum absolute atomic E-state index is 9.49. The van der Waals surface area contributed by atoms with E-state index in [9.17, 15) is 5.11 Å². The number of phenols is 1. The maximum atomic E-state index is 9.49. The van der Waals surface area contributed by atoms with Gasteiger partial charge in [-0.15, -0.1) is 0 Å². The number of aromatic hydroxyl groups is 1. The van der Waals surface area contributed by atoms with Crippen LogP contribution < -0.4 is 5.73 Å². The molecule has 0 atom stereocenters. The number of nitrogens with zero attached hydrogens (tertiary/aromatic N) is 2. The number of nitrogens with two attached hydrogens (primary N) is 1. The average Bonchev–Trinajstić information content (AvgIpc) is 2.28. The second-order valence-electron chi connectivity index (χ2n) is 5.29. The van der Waals surface area contributed by atoms with Crippen molar-refractivity contribution in [1.29, 1.82) is 0 Å². The van der Waals surface area contributed by atoms with Gasteiger partial charge in [0.1, 0.15) is 11.6 Å². The van der Waals surface area contributed by atoms with Crippen molar-refractivity contribution in [3.05, 3.63) is 36.2 Å². The molecule has 0 aliphatic carbocycles. The highest BCUT2D eigenvalue weighted by molar-refractivity contribution is 5.61. The van der Waals surface area contributed by atoms with Gasteiger partial charge in [-0.25, -0.2) is 9.97 Å². The molecule has 1 aromatic carbocycles. The maximum Gasteiger partial charge on any atom is 0.145 e. The zero-order chi connectivity index (χ0) is 13.3. The first kappa shape index (κ1) is 12.4. The predicted octanol–water partition coefficient (Wildman–Crippen LogP) is 2.73. The van der Waals surface area contributed by atoms with E-state index in [4.69, 9.17) is 5.73 Å². The standard InChI is InChI=1S/C14H17N3O/c1-14(2,3)12-13(15)16-8-11(17-12)9-5-4-6-10(18)7-9/h4-8,18H,1-3H3,(H2,15,16). The third kappa shape index (κ3) is 2.42. The molecule has 94 valence electrons. The van der Waals surface area contributed by atoms with Crippen LogP contribution in [-0.2, 0) is 5.41 Å². The smallest absolute Gasteiger partial charge is 0.145 e. The molecule has 2 rings (SSSR count). The molecule has 3 N–H and O–H groups in total. The number of aromatic nitrogens is 2.